The van der Waals surface area contributed by atoms with Crippen LogP contribution in [0.5, 0.6) is 0 Å². The smallest absolute Gasteiger partial charge is 0.339 e. The van der Waals surface area contributed by atoms with Crippen LogP contribution < -0.4 is 10.9 Å². The van der Waals surface area contributed by atoms with Crippen molar-refractivity contribution in [1.29, 1.82) is 0 Å². The van der Waals surface area contributed by atoms with Gasteiger partial charge in [0.05, 0.1) is 29.6 Å². The summed E-state index contributed by atoms with van der Waals surface area (Å²) in [6.07, 6.45) is 1.69. The monoisotopic (exact) mass is 482 g/mol. The number of rotatable bonds is 7. The van der Waals surface area contributed by atoms with E-state index in [2.05, 4.69) is 10.3 Å². The normalized spacial score (nSPS) is 11.3. The van der Waals surface area contributed by atoms with E-state index in [9.17, 15) is 14.4 Å². The van der Waals surface area contributed by atoms with Gasteiger partial charge in [-0.2, -0.15) is 0 Å². The topological polar surface area (TPSA) is 103 Å². The Morgan fingerprint density at radius 1 is 1.21 bits per heavy atom. The molecule has 4 aromatic rings. The van der Waals surface area contributed by atoms with Crippen LogP contribution in [-0.2, 0) is 16.1 Å². The average molecular weight is 483 g/mol. The van der Waals surface area contributed by atoms with Gasteiger partial charge in [-0.3, -0.25) is 14.2 Å². The largest absolute Gasteiger partial charge is 0.465 e. The van der Waals surface area contributed by atoms with E-state index < -0.39 is 5.97 Å². The van der Waals surface area contributed by atoms with E-state index in [1.54, 1.807) is 35.0 Å². The highest BCUT2D eigenvalue weighted by Gasteiger charge is 2.19. The van der Waals surface area contributed by atoms with Crippen LogP contribution in [0.4, 0.5) is 5.69 Å². The number of pyridine rings is 1. The number of methoxy groups -OCH3 is 1. The van der Waals surface area contributed by atoms with Crippen LogP contribution >= 0.6 is 23.1 Å². The number of thiophene rings is 1. The summed E-state index contributed by atoms with van der Waals surface area (Å²) in [6.45, 7) is 4.53. The highest BCUT2D eigenvalue weighted by atomic mass is 32.2. The molecule has 8 nitrogen and oxygen atoms in total. The maximum Gasteiger partial charge on any atom is 0.339 e. The molecule has 0 bridgehead atoms. The van der Waals surface area contributed by atoms with Crippen molar-refractivity contribution in [2.45, 2.75) is 25.5 Å². The number of benzene rings is 1. The lowest BCUT2D eigenvalue weighted by Crippen LogP contribution is -2.25. The molecule has 1 aromatic carbocycles. The van der Waals surface area contributed by atoms with Gasteiger partial charge in [-0.05, 0) is 30.2 Å². The number of para-hydroxylation sites is 1. The minimum Gasteiger partial charge on any atom is -0.465 e. The Hall–Kier alpha value is -3.24. The number of fused-ring (bicyclic) bond motifs is 3. The first kappa shape index (κ1) is 22.9. The molecule has 3 heterocycles. The molecular weight excluding hydrogens is 460 g/mol. The Kier molecular flexibility index (Phi) is 6.75. The molecule has 33 heavy (non-hydrogen) atoms. The van der Waals surface area contributed by atoms with E-state index in [1.807, 2.05) is 26.0 Å². The average Bonchev–Trinajstić information content (AvgIpc) is 3.18. The van der Waals surface area contributed by atoms with Gasteiger partial charge < -0.3 is 10.1 Å². The summed E-state index contributed by atoms with van der Waals surface area (Å²) in [5.74, 6) is -0.617. The molecule has 0 saturated carbocycles. The van der Waals surface area contributed by atoms with Gasteiger partial charge in [-0.25, -0.2) is 14.8 Å². The minimum absolute atomic E-state index is 0.0197. The molecule has 10 heteroatoms. The lowest BCUT2D eigenvalue weighted by Gasteiger charge is -2.14. The zero-order chi connectivity index (χ0) is 23.5. The summed E-state index contributed by atoms with van der Waals surface area (Å²) < 4.78 is 6.96. The number of nitrogens with one attached hydrogen (secondary N) is 1. The Morgan fingerprint density at radius 3 is 2.76 bits per heavy atom. The van der Waals surface area contributed by atoms with Crippen molar-refractivity contribution < 1.29 is 14.3 Å². The Balaban J connectivity index is 1.64. The first-order chi connectivity index (χ1) is 15.9. The van der Waals surface area contributed by atoms with Gasteiger partial charge in [0.15, 0.2) is 5.16 Å². The molecule has 0 aliphatic carbocycles. The summed E-state index contributed by atoms with van der Waals surface area (Å²) in [7, 11) is 1.29. The molecular formula is C23H22N4O4S2. The van der Waals surface area contributed by atoms with Crippen molar-refractivity contribution in [3.63, 3.8) is 0 Å². The summed E-state index contributed by atoms with van der Waals surface area (Å²) in [5, 5.41) is 4.05. The van der Waals surface area contributed by atoms with Gasteiger partial charge in [0, 0.05) is 18.1 Å². The third kappa shape index (κ3) is 4.76. The molecule has 0 spiro atoms. The van der Waals surface area contributed by atoms with E-state index in [-0.39, 0.29) is 28.7 Å². The number of hydrogen-bond acceptors (Lipinski definition) is 8. The molecule has 1 N–H and O–H groups in total. The number of esters is 1. The lowest BCUT2D eigenvalue weighted by atomic mass is 10.2. The fourth-order valence-corrected chi connectivity index (χ4v) is 5.21. The standard InChI is InChI=1S/C23H22N4O4S2/c1-13(2)11-27-21(29)19-18(15-8-6-10-24-20(15)33-19)26-23(27)32-12-17(28)25-16-9-5-4-7-14(16)22(30)31-3/h4-10,13H,11-12H2,1-3H3,(H,25,28). The first-order valence-corrected chi connectivity index (χ1v) is 12.1. The molecule has 0 unspecified atom stereocenters. The van der Waals surface area contributed by atoms with Crippen LogP contribution in [0.25, 0.3) is 20.4 Å². The summed E-state index contributed by atoms with van der Waals surface area (Å²) in [5.41, 5.74) is 1.11. The van der Waals surface area contributed by atoms with Crippen molar-refractivity contribution >= 4 is 61.1 Å². The number of carbonyl (C=O) groups excluding carboxylic acids is 2. The van der Waals surface area contributed by atoms with E-state index in [4.69, 9.17) is 9.72 Å². The Bertz CT molecular complexity index is 1410. The second-order valence-electron chi connectivity index (χ2n) is 7.71. The molecule has 0 aliphatic rings. The highest BCUT2D eigenvalue weighted by Crippen LogP contribution is 2.30. The van der Waals surface area contributed by atoms with Gasteiger partial charge in [0.25, 0.3) is 5.56 Å². The van der Waals surface area contributed by atoms with Crippen LogP contribution in [0, 0.1) is 5.92 Å². The van der Waals surface area contributed by atoms with Crippen LogP contribution in [-0.4, -0.2) is 39.3 Å². The highest BCUT2D eigenvalue weighted by molar-refractivity contribution is 7.99. The van der Waals surface area contributed by atoms with Crippen molar-refractivity contribution in [3.05, 3.63) is 58.5 Å². The predicted molar refractivity (Wildman–Crippen MR) is 131 cm³/mol. The minimum atomic E-state index is -0.533. The predicted octanol–water partition coefficient (Wildman–Crippen LogP) is 4.18. The van der Waals surface area contributed by atoms with Crippen LogP contribution in [0.2, 0.25) is 0 Å². The number of anilines is 1. The van der Waals surface area contributed by atoms with Crippen molar-refractivity contribution in [2.75, 3.05) is 18.2 Å². The number of amides is 1. The molecule has 170 valence electrons. The SMILES string of the molecule is COC(=O)c1ccccc1NC(=O)CSc1nc2c(sc3ncccc32)c(=O)n1CC(C)C. The zero-order valence-corrected chi connectivity index (χ0v) is 20.0. The number of thioether (sulfide) groups is 1. The van der Waals surface area contributed by atoms with Gasteiger partial charge >= 0.3 is 5.97 Å². The molecule has 0 radical (unpaired) electrons. The lowest BCUT2D eigenvalue weighted by molar-refractivity contribution is -0.113. The van der Waals surface area contributed by atoms with Crippen LogP contribution in [0.1, 0.15) is 24.2 Å². The Morgan fingerprint density at radius 2 is 2.00 bits per heavy atom. The van der Waals surface area contributed by atoms with E-state index in [1.165, 1.54) is 30.2 Å². The molecule has 4 rings (SSSR count). The number of ether oxygens (including phenoxy) is 1. The number of carbonyl (C=O) groups is 2. The van der Waals surface area contributed by atoms with E-state index >= 15 is 0 Å². The maximum atomic E-state index is 13.3. The van der Waals surface area contributed by atoms with E-state index in [0.717, 1.165) is 10.2 Å². The zero-order valence-electron chi connectivity index (χ0n) is 18.3. The molecule has 0 aliphatic heterocycles. The van der Waals surface area contributed by atoms with Crippen molar-refractivity contribution in [1.82, 2.24) is 14.5 Å². The third-order valence-electron chi connectivity index (χ3n) is 4.80. The van der Waals surface area contributed by atoms with Gasteiger partial charge in [-0.15, -0.1) is 11.3 Å². The molecule has 3 aromatic heterocycles. The van der Waals surface area contributed by atoms with Crippen molar-refractivity contribution in [3.8, 4) is 0 Å². The second-order valence-corrected chi connectivity index (χ2v) is 9.66. The molecule has 0 atom stereocenters. The summed E-state index contributed by atoms with van der Waals surface area (Å²) >= 11 is 2.52. The van der Waals surface area contributed by atoms with Crippen LogP contribution in [0.15, 0.2) is 52.5 Å². The molecule has 0 fully saturated rings. The molecule has 1 amide bonds. The third-order valence-corrected chi connectivity index (χ3v) is 6.87. The fraction of sp³-hybridized carbons (Fsp3) is 0.261. The van der Waals surface area contributed by atoms with Gasteiger partial charge in [-0.1, -0.05) is 37.7 Å². The summed E-state index contributed by atoms with van der Waals surface area (Å²) in [4.78, 5) is 47.8. The number of aromatic nitrogens is 3. The Labute approximate surface area is 198 Å². The fourth-order valence-electron chi connectivity index (χ4n) is 3.37. The van der Waals surface area contributed by atoms with Crippen LogP contribution in [0.3, 0.4) is 0 Å². The molecule has 0 saturated heterocycles. The van der Waals surface area contributed by atoms with Gasteiger partial charge in [0.1, 0.15) is 9.53 Å². The van der Waals surface area contributed by atoms with E-state index in [0.29, 0.717) is 27.6 Å². The maximum absolute atomic E-state index is 13.3. The first-order valence-electron chi connectivity index (χ1n) is 10.3. The van der Waals surface area contributed by atoms with Crippen molar-refractivity contribution in [2.24, 2.45) is 5.92 Å². The number of nitrogens with zero attached hydrogens (tertiary/aromatic N) is 3. The van der Waals surface area contributed by atoms with Gasteiger partial charge in [0.2, 0.25) is 5.91 Å². The number of hydrogen-bond donors (Lipinski definition) is 1. The quantitative estimate of drug-likeness (QED) is 0.239. The summed E-state index contributed by atoms with van der Waals surface area (Å²) in [6, 6.07) is 10.3. The second kappa shape index (κ2) is 9.72.